The van der Waals surface area contributed by atoms with Crippen LogP contribution in [0.15, 0.2) is 36.5 Å². The molecule has 0 spiro atoms. The highest BCUT2D eigenvalue weighted by Gasteiger charge is 2.18. The molecular formula is C15H18N2O3. The summed E-state index contributed by atoms with van der Waals surface area (Å²) in [5.41, 5.74) is 0.864. The van der Waals surface area contributed by atoms with Gasteiger partial charge in [0.25, 0.3) is 0 Å². The maximum absolute atomic E-state index is 11.6. The number of esters is 1. The van der Waals surface area contributed by atoms with Gasteiger partial charge in [0.15, 0.2) is 0 Å². The molecule has 2 aromatic rings. The fraction of sp³-hybridized carbons (Fsp3) is 0.333. The Bertz CT molecular complexity index is 586. The van der Waals surface area contributed by atoms with Crippen LogP contribution in [0.3, 0.4) is 0 Å². The number of nitrogens with zero attached hydrogens (tertiary/aromatic N) is 1. The molecule has 1 N–H and O–H groups in total. The van der Waals surface area contributed by atoms with Crippen molar-refractivity contribution < 1.29 is 14.3 Å². The smallest absolute Gasteiger partial charge is 0.326 e. The largest absolute Gasteiger partial charge is 0.491 e. The van der Waals surface area contributed by atoms with E-state index in [2.05, 4.69) is 10.3 Å². The molecule has 0 saturated heterocycles. The summed E-state index contributed by atoms with van der Waals surface area (Å²) < 4.78 is 10.4. The number of aromatic nitrogens is 1. The molecule has 0 radical (unpaired) electrons. The zero-order valence-corrected chi connectivity index (χ0v) is 11.6. The van der Waals surface area contributed by atoms with E-state index in [4.69, 9.17) is 9.47 Å². The molecular weight excluding hydrogens is 256 g/mol. The Labute approximate surface area is 117 Å². The molecule has 0 fully saturated rings. The quantitative estimate of drug-likeness (QED) is 0.813. The van der Waals surface area contributed by atoms with E-state index in [1.165, 1.54) is 7.11 Å². The van der Waals surface area contributed by atoms with Crippen LogP contribution in [0, 0.1) is 0 Å². The molecule has 1 aromatic heterocycles. The van der Waals surface area contributed by atoms with Crippen LogP contribution in [-0.4, -0.2) is 37.3 Å². The van der Waals surface area contributed by atoms with Gasteiger partial charge in [0.1, 0.15) is 18.4 Å². The lowest BCUT2D eigenvalue weighted by molar-refractivity contribution is -0.143. The van der Waals surface area contributed by atoms with Crippen molar-refractivity contribution in [2.75, 3.05) is 20.3 Å². The first-order chi connectivity index (χ1) is 9.74. The summed E-state index contributed by atoms with van der Waals surface area (Å²) >= 11 is 0. The van der Waals surface area contributed by atoms with Crippen LogP contribution in [0.1, 0.15) is 6.92 Å². The van der Waals surface area contributed by atoms with Gasteiger partial charge in [-0.3, -0.25) is 9.78 Å². The minimum absolute atomic E-state index is 0.221. The molecule has 106 valence electrons. The molecule has 0 bridgehead atoms. The van der Waals surface area contributed by atoms with Crippen LogP contribution in [-0.2, 0) is 9.53 Å². The first kappa shape index (κ1) is 14.3. The second-order valence-corrected chi connectivity index (χ2v) is 4.30. The van der Waals surface area contributed by atoms with Crippen molar-refractivity contribution in [1.29, 1.82) is 0 Å². The maximum Gasteiger partial charge on any atom is 0.326 e. The molecule has 0 saturated carbocycles. The normalized spacial score (nSPS) is 12.1. The van der Waals surface area contributed by atoms with E-state index >= 15 is 0 Å². The van der Waals surface area contributed by atoms with E-state index < -0.39 is 6.04 Å². The van der Waals surface area contributed by atoms with Crippen LogP contribution >= 0.6 is 0 Å². The average Bonchev–Trinajstić information content (AvgIpc) is 2.50. The average molecular weight is 274 g/mol. The number of likely N-dealkylation sites (N-methyl/N-ethyl adjacent to an activating group) is 1. The predicted octanol–water partition coefficient (Wildman–Crippen LogP) is 1.76. The lowest BCUT2D eigenvalue weighted by Gasteiger charge is -2.16. The molecule has 0 aliphatic rings. The standard InChI is InChI=1S/C15H18N2O3/c1-3-16-14(15(18)19-2)10-20-12-7-6-11-5-4-8-17-13(11)9-12/h4-9,14,16H,3,10H2,1-2H3. The van der Waals surface area contributed by atoms with E-state index in [0.717, 1.165) is 10.9 Å². The van der Waals surface area contributed by atoms with Crippen molar-refractivity contribution in [3.05, 3.63) is 36.5 Å². The van der Waals surface area contributed by atoms with Gasteiger partial charge in [0.05, 0.1) is 12.6 Å². The second kappa shape index (κ2) is 6.86. The monoisotopic (exact) mass is 274 g/mol. The molecule has 5 nitrogen and oxygen atoms in total. The third kappa shape index (κ3) is 3.45. The van der Waals surface area contributed by atoms with Crippen LogP contribution in [0.25, 0.3) is 10.9 Å². The van der Waals surface area contributed by atoms with Crippen molar-refractivity contribution in [3.8, 4) is 5.75 Å². The van der Waals surface area contributed by atoms with Crippen molar-refractivity contribution >= 4 is 16.9 Å². The number of hydrogen-bond acceptors (Lipinski definition) is 5. The summed E-state index contributed by atoms with van der Waals surface area (Å²) in [5.74, 6) is 0.355. The Kier molecular flexibility index (Phi) is 4.90. The molecule has 1 heterocycles. The molecule has 1 unspecified atom stereocenters. The summed E-state index contributed by atoms with van der Waals surface area (Å²) in [6.45, 7) is 2.82. The van der Waals surface area contributed by atoms with Gasteiger partial charge in [0.2, 0.25) is 0 Å². The van der Waals surface area contributed by atoms with Crippen molar-refractivity contribution in [2.24, 2.45) is 0 Å². The third-order valence-corrected chi connectivity index (χ3v) is 2.93. The lowest BCUT2D eigenvalue weighted by Crippen LogP contribution is -2.42. The zero-order valence-electron chi connectivity index (χ0n) is 11.6. The SMILES string of the molecule is CCNC(COc1ccc2cccnc2c1)C(=O)OC. The van der Waals surface area contributed by atoms with Gasteiger partial charge in [-0.15, -0.1) is 0 Å². The maximum atomic E-state index is 11.6. The van der Waals surface area contributed by atoms with Crippen LogP contribution in [0.2, 0.25) is 0 Å². The topological polar surface area (TPSA) is 60.5 Å². The third-order valence-electron chi connectivity index (χ3n) is 2.93. The Hall–Kier alpha value is -2.14. The summed E-state index contributed by atoms with van der Waals surface area (Å²) in [4.78, 5) is 15.8. The van der Waals surface area contributed by atoms with Gasteiger partial charge in [-0.2, -0.15) is 0 Å². The minimum Gasteiger partial charge on any atom is -0.491 e. The van der Waals surface area contributed by atoms with Gasteiger partial charge in [0, 0.05) is 17.6 Å². The highest BCUT2D eigenvalue weighted by atomic mass is 16.5. The van der Waals surface area contributed by atoms with Gasteiger partial charge in [-0.25, -0.2) is 0 Å². The minimum atomic E-state index is -0.468. The van der Waals surface area contributed by atoms with Crippen molar-refractivity contribution in [3.63, 3.8) is 0 Å². The first-order valence-corrected chi connectivity index (χ1v) is 6.53. The van der Waals surface area contributed by atoms with Crippen molar-refractivity contribution in [1.82, 2.24) is 10.3 Å². The second-order valence-electron chi connectivity index (χ2n) is 4.30. The number of benzene rings is 1. The first-order valence-electron chi connectivity index (χ1n) is 6.53. The number of carbonyl (C=O) groups excluding carboxylic acids is 1. The van der Waals surface area contributed by atoms with E-state index in [0.29, 0.717) is 12.3 Å². The number of pyridine rings is 1. The molecule has 1 atom stereocenters. The van der Waals surface area contributed by atoms with Gasteiger partial charge >= 0.3 is 5.97 Å². The van der Waals surface area contributed by atoms with Gasteiger partial charge in [-0.05, 0) is 24.7 Å². The summed E-state index contributed by atoms with van der Waals surface area (Å²) in [5, 5.41) is 4.08. The van der Waals surface area contributed by atoms with E-state index in [1.807, 2.05) is 37.3 Å². The van der Waals surface area contributed by atoms with Crippen LogP contribution in [0.4, 0.5) is 0 Å². The van der Waals surface area contributed by atoms with Gasteiger partial charge < -0.3 is 14.8 Å². The molecule has 0 aliphatic carbocycles. The predicted molar refractivity (Wildman–Crippen MR) is 76.7 cm³/mol. The summed E-state index contributed by atoms with van der Waals surface area (Å²) in [6, 6.07) is 9.07. The number of rotatable bonds is 6. The number of carbonyl (C=O) groups is 1. The molecule has 2 rings (SSSR count). The highest BCUT2D eigenvalue weighted by Crippen LogP contribution is 2.18. The van der Waals surface area contributed by atoms with Crippen LogP contribution in [0.5, 0.6) is 5.75 Å². The Balaban J connectivity index is 2.05. The number of fused-ring (bicyclic) bond motifs is 1. The van der Waals surface area contributed by atoms with E-state index in [-0.39, 0.29) is 12.6 Å². The molecule has 20 heavy (non-hydrogen) atoms. The molecule has 1 aromatic carbocycles. The summed E-state index contributed by atoms with van der Waals surface area (Å²) in [6.07, 6.45) is 1.74. The lowest BCUT2D eigenvalue weighted by atomic mass is 10.2. The van der Waals surface area contributed by atoms with E-state index in [9.17, 15) is 4.79 Å². The Morgan fingerprint density at radius 2 is 2.25 bits per heavy atom. The molecule has 0 amide bonds. The Morgan fingerprint density at radius 1 is 1.40 bits per heavy atom. The number of ether oxygens (including phenoxy) is 2. The van der Waals surface area contributed by atoms with Crippen molar-refractivity contribution in [2.45, 2.75) is 13.0 Å². The fourth-order valence-electron chi connectivity index (χ4n) is 1.91. The number of hydrogen-bond donors (Lipinski definition) is 1. The number of nitrogens with one attached hydrogen (secondary N) is 1. The number of methoxy groups -OCH3 is 1. The fourth-order valence-corrected chi connectivity index (χ4v) is 1.91. The molecule has 5 heteroatoms. The highest BCUT2D eigenvalue weighted by molar-refractivity contribution is 5.79. The van der Waals surface area contributed by atoms with Gasteiger partial charge in [-0.1, -0.05) is 13.0 Å². The summed E-state index contributed by atoms with van der Waals surface area (Å²) in [7, 11) is 1.37. The van der Waals surface area contributed by atoms with Crippen LogP contribution < -0.4 is 10.1 Å². The molecule has 0 aliphatic heterocycles. The zero-order chi connectivity index (χ0) is 14.4. The Morgan fingerprint density at radius 3 is 3.00 bits per heavy atom. The van der Waals surface area contributed by atoms with E-state index in [1.54, 1.807) is 6.20 Å².